The molecule has 1 amide bonds. The van der Waals surface area contributed by atoms with E-state index in [0.717, 1.165) is 33.8 Å². The molecular formula is C18H20F2N2O3S. The van der Waals surface area contributed by atoms with Gasteiger partial charge >= 0.3 is 0 Å². The van der Waals surface area contributed by atoms with E-state index in [4.69, 9.17) is 0 Å². The van der Waals surface area contributed by atoms with Crippen molar-refractivity contribution >= 4 is 21.6 Å². The third-order valence-electron chi connectivity index (χ3n) is 3.96. The van der Waals surface area contributed by atoms with E-state index >= 15 is 0 Å². The van der Waals surface area contributed by atoms with Crippen molar-refractivity contribution in [3.63, 3.8) is 0 Å². The first kappa shape index (κ1) is 19.8. The van der Waals surface area contributed by atoms with Gasteiger partial charge < -0.3 is 5.32 Å². The molecule has 140 valence electrons. The van der Waals surface area contributed by atoms with Gasteiger partial charge in [-0.3, -0.25) is 9.10 Å². The summed E-state index contributed by atoms with van der Waals surface area (Å²) in [6.07, 6.45) is 0.958. The number of nitrogens with one attached hydrogen (secondary N) is 1. The minimum absolute atomic E-state index is 0.00757. The van der Waals surface area contributed by atoms with Crippen molar-refractivity contribution in [2.24, 2.45) is 0 Å². The van der Waals surface area contributed by atoms with E-state index in [1.54, 1.807) is 12.1 Å². The van der Waals surface area contributed by atoms with Gasteiger partial charge in [-0.2, -0.15) is 0 Å². The summed E-state index contributed by atoms with van der Waals surface area (Å²) >= 11 is 0. The molecule has 2 rings (SSSR count). The van der Waals surface area contributed by atoms with E-state index < -0.39 is 21.7 Å². The number of rotatable bonds is 6. The quantitative estimate of drug-likeness (QED) is 0.835. The molecule has 0 unspecified atom stereocenters. The fraction of sp³-hybridized carbons (Fsp3) is 0.278. The molecule has 0 aliphatic carbocycles. The summed E-state index contributed by atoms with van der Waals surface area (Å²) < 4.78 is 51.3. The number of amides is 1. The van der Waals surface area contributed by atoms with Gasteiger partial charge in [-0.1, -0.05) is 6.07 Å². The van der Waals surface area contributed by atoms with Gasteiger partial charge in [0.05, 0.1) is 18.5 Å². The maximum Gasteiger partial charge on any atom is 0.251 e. The molecule has 0 aliphatic rings. The van der Waals surface area contributed by atoms with E-state index in [-0.39, 0.29) is 24.7 Å². The van der Waals surface area contributed by atoms with Crippen LogP contribution in [0.2, 0.25) is 0 Å². The molecule has 0 saturated heterocycles. The van der Waals surface area contributed by atoms with Crippen LogP contribution in [-0.4, -0.2) is 33.7 Å². The van der Waals surface area contributed by atoms with E-state index in [1.165, 1.54) is 6.07 Å². The molecule has 0 radical (unpaired) electrons. The van der Waals surface area contributed by atoms with Crippen molar-refractivity contribution in [3.05, 3.63) is 64.7 Å². The lowest BCUT2D eigenvalue weighted by molar-refractivity contribution is 0.0954. The number of sulfonamides is 1. The molecule has 2 aromatic carbocycles. The van der Waals surface area contributed by atoms with Crippen LogP contribution < -0.4 is 9.62 Å². The zero-order valence-electron chi connectivity index (χ0n) is 14.7. The Kier molecular flexibility index (Phi) is 5.97. The number of halogens is 2. The van der Waals surface area contributed by atoms with Crippen molar-refractivity contribution in [3.8, 4) is 0 Å². The molecule has 0 atom stereocenters. The van der Waals surface area contributed by atoms with Gasteiger partial charge in [0.2, 0.25) is 10.0 Å². The number of carbonyl (C=O) groups is 1. The second-order valence-corrected chi connectivity index (χ2v) is 7.90. The Morgan fingerprint density at radius 1 is 1.04 bits per heavy atom. The Morgan fingerprint density at radius 3 is 2.31 bits per heavy atom. The number of carbonyl (C=O) groups excluding carboxylic acids is 1. The largest absolute Gasteiger partial charge is 0.350 e. The maximum atomic E-state index is 13.4. The lowest BCUT2D eigenvalue weighted by atomic mass is 10.1. The standard InChI is InChI=1S/C18H20F2N2O3S/c1-12-4-5-14(10-13(12)2)18(23)21-8-9-22(26(3,24)25)15-6-7-16(19)17(20)11-15/h4-7,10-11H,8-9H2,1-3H3,(H,21,23). The van der Waals surface area contributed by atoms with E-state index in [0.29, 0.717) is 5.56 Å². The first-order chi connectivity index (χ1) is 12.1. The molecule has 2 aromatic rings. The molecule has 0 fully saturated rings. The zero-order valence-corrected chi connectivity index (χ0v) is 15.5. The van der Waals surface area contributed by atoms with Crippen LogP contribution in [0.15, 0.2) is 36.4 Å². The topological polar surface area (TPSA) is 66.5 Å². The molecule has 8 heteroatoms. The van der Waals surface area contributed by atoms with Gasteiger partial charge in [0, 0.05) is 18.2 Å². The fourth-order valence-electron chi connectivity index (χ4n) is 2.38. The van der Waals surface area contributed by atoms with Crippen molar-refractivity contribution < 1.29 is 22.0 Å². The van der Waals surface area contributed by atoms with Gasteiger partial charge in [-0.25, -0.2) is 17.2 Å². The summed E-state index contributed by atoms with van der Waals surface area (Å²) in [5.41, 5.74) is 2.49. The third-order valence-corrected chi connectivity index (χ3v) is 5.16. The summed E-state index contributed by atoms with van der Waals surface area (Å²) in [5.74, 6) is -2.55. The van der Waals surface area contributed by atoms with Crippen LogP contribution in [-0.2, 0) is 10.0 Å². The lowest BCUT2D eigenvalue weighted by Gasteiger charge is -2.22. The predicted octanol–water partition coefficient (Wildman–Crippen LogP) is 2.78. The Balaban J connectivity index is 2.09. The summed E-state index contributed by atoms with van der Waals surface area (Å²) in [7, 11) is -3.73. The molecule has 5 nitrogen and oxygen atoms in total. The Morgan fingerprint density at radius 2 is 1.73 bits per heavy atom. The lowest BCUT2D eigenvalue weighted by Crippen LogP contribution is -2.38. The van der Waals surface area contributed by atoms with E-state index in [2.05, 4.69) is 5.32 Å². The van der Waals surface area contributed by atoms with E-state index in [1.807, 2.05) is 19.9 Å². The highest BCUT2D eigenvalue weighted by atomic mass is 32.2. The number of hydrogen-bond acceptors (Lipinski definition) is 3. The molecule has 0 heterocycles. The van der Waals surface area contributed by atoms with Gasteiger partial charge in [0.25, 0.3) is 5.91 Å². The van der Waals surface area contributed by atoms with Crippen LogP contribution >= 0.6 is 0 Å². The molecule has 0 spiro atoms. The van der Waals surface area contributed by atoms with E-state index in [9.17, 15) is 22.0 Å². The zero-order chi connectivity index (χ0) is 19.5. The molecule has 0 aromatic heterocycles. The minimum atomic E-state index is -3.73. The molecule has 0 saturated carbocycles. The number of anilines is 1. The number of aryl methyl sites for hydroxylation is 2. The average Bonchev–Trinajstić information content (AvgIpc) is 2.55. The second kappa shape index (κ2) is 7.82. The van der Waals surface area contributed by atoms with Crippen LogP contribution in [0.25, 0.3) is 0 Å². The van der Waals surface area contributed by atoms with Crippen LogP contribution in [0.3, 0.4) is 0 Å². The SMILES string of the molecule is Cc1ccc(C(=O)NCCN(c2ccc(F)c(F)c2)S(C)(=O)=O)cc1C. The van der Waals surface area contributed by atoms with Gasteiger partial charge in [0.15, 0.2) is 11.6 Å². The summed E-state index contributed by atoms with van der Waals surface area (Å²) in [6.45, 7) is 3.72. The third kappa shape index (κ3) is 4.78. The predicted molar refractivity (Wildman–Crippen MR) is 96.8 cm³/mol. The molecular weight excluding hydrogens is 362 g/mol. The monoisotopic (exact) mass is 382 g/mol. The van der Waals surface area contributed by atoms with Crippen LogP contribution in [0.5, 0.6) is 0 Å². The highest BCUT2D eigenvalue weighted by molar-refractivity contribution is 7.92. The van der Waals surface area contributed by atoms with Crippen molar-refractivity contribution in [1.29, 1.82) is 0 Å². The Labute approximate surface area is 151 Å². The maximum absolute atomic E-state index is 13.4. The van der Waals surface area contributed by atoms with Gasteiger partial charge in [0.1, 0.15) is 0 Å². The average molecular weight is 382 g/mol. The minimum Gasteiger partial charge on any atom is -0.350 e. The first-order valence-electron chi connectivity index (χ1n) is 7.88. The summed E-state index contributed by atoms with van der Waals surface area (Å²) in [5, 5.41) is 2.63. The van der Waals surface area contributed by atoms with Gasteiger partial charge in [-0.15, -0.1) is 0 Å². The Bertz CT molecular complexity index is 930. The normalized spacial score (nSPS) is 11.3. The number of nitrogens with zero attached hydrogens (tertiary/aromatic N) is 1. The van der Waals surface area contributed by atoms with Crippen molar-refractivity contribution in [1.82, 2.24) is 5.32 Å². The summed E-state index contributed by atoms with van der Waals surface area (Å²) in [4.78, 5) is 12.2. The highest BCUT2D eigenvalue weighted by Crippen LogP contribution is 2.20. The van der Waals surface area contributed by atoms with Crippen LogP contribution in [0.1, 0.15) is 21.5 Å². The smallest absolute Gasteiger partial charge is 0.251 e. The van der Waals surface area contributed by atoms with Crippen molar-refractivity contribution in [2.75, 3.05) is 23.7 Å². The highest BCUT2D eigenvalue weighted by Gasteiger charge is 2.19. The summed E-state index contributed by atoms with van der Waals surface area (Å²) in [6, 6.07) is 8.09. The molecule has 0 bridgehead atoms. The molecule has 1 N–H and O–H groups in total. The molecule has 26 heavy (non-hydrogen) atoms. The van der Waals surface area contributed by atoms with Crippen molar-refractivity contribution in [2.45, 2.75) is 13.8 Å². The fourth-order valence-corrected chi connectivity index (χ4v) is 3.30. The number of hydrogen-bond donors (Lipinski definition) is 1. The van der Waals surface area contributed by atoms with Crippen LogP contribution in [0.4, 0.5) is 14.5 Å². The second-order valence-electron chi connectivity index (χ2n) is 5.99. The van der Waals surface area contributed by atoms with Gasteiger partial charge in [-0.05, 0) is 49.2 Å². The molecule has 0 aliphatic heterocycles. The first-order valence-corrected chi connectivity index (χ1v) is 9.72. The Hall–Kier alpha value is -2.48. The van der Waals surface area contributed by atoms with Crippen LogP contribution in [0, 0.1) is 25.5 Å². The number of benzene rings is 2.